The van der Waals surface area contributed by atoms with Crippen molar-refractivity contribution >= 4 is 17.3 Å². The predicted octanol–water partition coefficient (Wildman–Crippen LogP) is 2.93. The van der Waals surface area contributed by atoms with E-state index in [1.165, 1.54) is 19.1 Å². The van der Waals surface area contributed by atoms with Gasteiger partial charge in [0.1, 0.15) is 5.82 Å². The quantitative estimate of drug-likeness (QED) is 0.579. The monoisotopic (exact) mass is 438 g/mol. The van der Waals surface area contributed by atoms with Crippen LogP contribution in [0.5, 0.6) is 0 Å². The number of rotatable bonds is 4. The van der Waals surface area contributed by atoms with Crippen LogP contribution in [-0.2, 0) is 4.79 Å². The second kappa shape index (κ2) is 8.22. The lowest BCUT2D eigenvalue weighted by Gasteiger charge is -2.19. The highest BCUT2D eigenvalue weighted by atomic mass is 19.2. The lowest BCUT2D eigenvalue weighted by Crippen LogP contribution is -2.22. The number of pyridine rings is 1. The van der Waals surface area contributed by atoms with Gasteiger partial charge in [0.15, 0.2) is 17.5 Å². The SMILES string of the molecule is CC(=O)NC1=CC(c2cnc(N)c(-c3n[nH]c(=O)n3-c3cccc(F)c3F)c2)=CC(C)C1. The van der Waals surface area contributed by atoms with Gasteiger partial charge in [-0.15, -0.1) is 0 Å². The van der Waals surface area contributed by atoms with Crippen LogP contribution in [-0.4, -0.2) is 25.7 Å². The third-order valence-corrected chi connectivity index (χ3v) is 5.01. The summed E-state index contributed by atoms with van der Waals surface area (Å²) in [6.45, 7) is 3.45. The smallest absolute Gasteiger partial charge is 0.348 e. The molecule has 164 valence electrons. The Labute approximate surface area is 181 Å². The van der Waals surface area contributed by atoms with Gasteiger partial charge in [-0.05, 0) is 42.2 Å². The summed E-state index contributed by atoms with van der Waals surface area (Å²) < 4.78 is 29.1. The molecule has 2 heterocycles. The van der Waals surface area contributed by atoms with Crippen LogP contribution in [0.15, 0.2) is 53.1 Å². The van der Waals surface area contributed by atoms with E-state index in [4.69, 9.17) is 5.73 Å². The minimum Gasteiger partial charge on any atom is -0.383 e. The molecule has 1 amide bonds. The van der Waals surface area contributed by atoms with Crippen molar-refractivity contribution in [1.29, 1.82) is 0 Å². The lowest BCUT2D eigenvalue weighted by atomic mass is 9.91. The number of hydrogen-bond acceptors (Lipinski definition) is 5. The standard InChI is InChI=1S/C22H20F2N6O2/c1-11-6-13(8-15(7-11)27-12(2)31)14-9-16(20(25)26-10-14)21-28-29-22(32)30(21)18-5-3-4-17(23)19(18)24/h3-6,8-11H,7H2,1-2H3,(H2,25,26)(H,27,31)(H,29,32). The van der Waals surface area contributed by atoms with Crippen LogP contribution >= 0.6 is 0 Å². The Morgan fingerprint density at radius 1 is 1.34 bits per heavy atom. The third-order valence-electron chi connectivity index (χ3n) is 5.01. The van der Waals surface area contributed by atoms with Crippen molar-refractivity contribution in [3.05, 3.63) is 76.0 Å². The first kappa shape index (κ1) is 21.2. The summed E-state index contributed by atoms with van der Waals surface area (Å²) in [6, 6.07) is 5.17. The summed E-state index contributed by atoms with van der Waals surface area (Å²) in [7, 11) is 0. The van der Waals surface area contributed by atoms with E-state index in [9.17, 15) is 18.4 Å². The number of hydrogen-bond donors (Lipinski definition) is 3. The number of anilines is 1. The number of nitrogen functional groups attached to an aromatic ring is 1. The first-order valence-electron chi connectivity index (χ1n) is 9.82. The Hall–Kier alpha value is -4.08. The summed E-state index contributed by atoms with van der Waals surface area (Å²) >= 11 is 0. The molecule has 32 heavy (non-hydrogen) atoms. The van der Waals surface area contributed by atoms with Crippen LogP contribution in [0.1, 0.15) is 25.8 Å². The van der Waals surface area contributed by atoms with E-state index >= 15 is 0 Å². The molecule has 4 rings (SSSR count). The van der Waals surface area contributed by atoms with Gasteiger partial charge in [0.25, 0.3) is 0 Å². The van der Waals surface area contributed by atoms with Crippen molar-refractivity contribution in [1.82, 2.24) is 25.1 Å². The van der Waals surface area contributed by atoms with Crippen molar-refractivity contribution in [2.75, 3.05) is 5.73 Å². The Morgan fingerprint density at radius 2 is 2.12 bits per heavy atom. The van der Waals surface area contributed by atoms with Crippen LogP contribution in [0.2, 0.25) is 0 Å². The summed E-state index contributed by atoms with van der Waals surface area (Å²) in [5.41, 5.74) is 7.47. The Morgan fingerprint density at radius 3 is 2.88 bits per heavy atom. The number of halogens is 2. The number of allylic oxidation sites excluding steroid dienone is 4. The predicted molar refractivity (Wildman–Crippen MR) is 115 cm³/mol. The molecule has 1 aromatic carbocycles. The molecule has 8 nitrogen and oxygen atoms in total. The maximum absolute atomic E-state index is 14.4. The molecule has 1 aliphatic carbocycles. The van der Waals surface area contributed by atoms with Gasteiger partial charge >= 0.3 is 5.69 Å². The Bertz CT molecular complexity index is 1340. The van der Waals surface area contributed by atoms with Gasteiger partial charge in [0.05, 0.1) is 11.3 Å². The molecule has 0 radical (unpaired) electrons. The van der Waals surface area contributed by atoms with Gasteiger partial charge < -0.3 is 11.1 Å². The number of aromatic nitrogens is 4. The van der Waals surface area contributed by atoms with Gasteiger partial charge in [-0.25, -0.2) is 28.2 Å². The Kier molecular flexibility index (Phi) is 5.43. The van der Waals surface area contributed by atoms with Crippen LogP contribution in [0.4, 0.5) is 14.6 Å². The molecule has 2 aromatic heterocycles. The minimum atomic E-state index is -1.19. The molecule has 1 aliphatic rings. The summed E-state index contributed by atoms with van der Waals surface area (Å²) in [4.78, 5) is 28.1. The molecule has 4 N–H and O–H groups in total. The number of aromatic amines is 1. The van der Waals surface area contributed by atoms with E-state index in [1.807, 2.05) is 19.1 Å². The van der Waals surface area contributed by atoms with Crippen molar-refractivity contribution in [2.24, 2.45) is 5.92 Å². The number of benzene rings is 1. The zero-order chi connectivity index (χ0) is 23.0. The van der Waals surface area contributed by atoms with Gasteiger partial charge in [-0.2, -0.15) is 5.10 Å². The molecule has 1 atom stereocenters. The average Bonchev–Trinajstić information content (AvgIpc) is 3.10. The summed E-state index contributed by atoms with van der Waals surface area (Å²) in [5.74, 6) is -2.26. The van der Waals surface area contributed by atoms with Crippen LogP contribution in [0, 0.1) is 17.6 Å². The number of nitrogens with zero attached hydrogens (tertiary/aromatic N) is 3. The van der Waals surface area contributed by atoms with Gasteiger partial charge in [0, 0.05) is 24.4 Å². The first-order chi connectivity index (χ1) is 15.2. The van der Waals surface area contributed by atoms with Crippen LogP contribution in [0.25, 0.3) is 22.6 Å². The number of H-pyrrole nitrogens is 1. The van der Waals surface area contributed by atoms with E-state index < -0.39 is 17.3 Å². The highest BCUT2D eigenvalue weighted by Crippen LogP contribution is 2.32. The maximum Gasteiger partial charge on any atom is 0.348 e. The van der Waals surface area contributed by atoms with Gasteiger partial charge in [-0.3, -0.25) is 4.79 Å². The molecule has 0 spiro atoms. The fourth-order valence-corrected chi connectivity index (χ4v) is 3.68. The van der Waals surface area contributed by atoms with Crippen molar-refractivity contribution in [2.45, 2.75) is 20.3 Å². The van der Waals surface area contributed by atoms with Gasteiger partial charge in [-0.1, -0.05) is 19.1 Å². The molecule has 0 saturated carbocycles. The highest BCUT2D eigenvalue weighted by molar-refractivity contribution is 5.82. The van der Waals surface area contributed by atoms with Crippen molar-refractivity contribution < 1.29 is 13.6 Å². The zero-order valence-corrected chi connectivity index (χ0v) is 17.3. The van der Waals surface area contributed by atoms with Gasteiger partial charge in [0.2, 0.25) is 5.91 Å². The maximum atomic E-state index is 14.4. The number of carbonyl (C=O) groups excluding carboxylic acids is 1. The van der Waals surface area contributed by atoms with E-state index in [2.05, 4.69) is 20.5 Å². The Balaban J connectivity index is 1.84. The number of nitrogens with two attached hydrogens (primary N) is 1. The third kappa shape index (κ3) is 3.94. The largest absolute Gasteiger partial charge is 0.383 e. The molecule has 0 aliphatic heterocycles. The number of nitrogens with one attached hydrogen (secondary N) is 2. The van der Waals surface area contributed by atoms with E-state index in [-0.39, 0.29) is 34.7 Å². The fraction of sp³-hybridized carbons (Fsp3) is 0.182. The molecule has 3 aromatic rings. The molecular weight excluding hydrogens is 418 g/mol. The van der Waals surface area contributed by atoms with Crippen molar-refractivity contribution in [3.63, 3.8) is 0 Å². The normalized spacial score (nSPS) is 15.8. The van der Waals surface area contributed by atoms with Crippen molar-refractivity contribution in [3.8, 4) is 17.1 Å². The molecule has 1 unspecified atom stereocenters. The number of amides is 1. The zero-order valence-electron chi connectivity index (χ0n) is 17.3. The van der Waals surface area contributed by atoms with Crippen LogP contribution in [0.3, 0.4) is 0 Å². The molecule has 0 bridgehead atoms. The second-order valence-corrected chi connectivity index (χ2v) is 7.57. The topological polar surface area (TPSA) is 119 Å². The molecule has 10 heteroatoms. The highest BCUT2D eigenvalue weighted by Gasteiger charge is 2.21. The summed E-state index contributed by atoms with van der Waals surface area (Å²) in [6.07, 6.45) is 6.09. The van der Waals surface area contributed by atoms with E-state index in [0.29, 0.717) is 12.0 Å². The van der Waals surface area contributed by atoms with E-state index in [1.54, 1.807) is 12.3 Å². The summed E-state index contributed by atoms with van der Waals surface area (Å²) in [5, 5.41) is 9.04. The van der Waals surface area contributed by atoms with E-state index in [0.717, 1.165) is 21.9 Å². The lowest BCUT2D eigenvalue weighted by molar-refractivity contribution is -0.118. The molecular formula is C22H20F2N6O2. The minimum absolute atomic E-state index is 0.0122. The first-order valence-corrected chi connectivity index (χ1v) is 9.82. The number of carbonyl (C=O) groups is 1. The average molecular weight is 438 g/mol. The fourth-order valence-electron chi connectivity index (χ4n) is 3.68. The van der Waals surface area contributed by atoms with Crippen LogP contribution < -0.4 is 16.7 Å². The molecule has 0 fully saturated rings. The second-order valence-electron chi connectivity index (χ2n) is 7.57. The molecule has 0 saturated heterocycles.